The van der Waals surface area contributed by atoms with Crippen molar-refractivity contribution in [2.24, 2.45) is 13.0 Å². The van der Waals surface area contributed by atoms with Gasteiger partial charge in [-0.2, -0.15) is 4.57 Å². The lowest BCUT2D eigenvalue weighted by Gasteiger charge is -2.26. The molecule has 0 amide bonds. The van der Waals surface area contributed by atoms with Gasteiger partial charge in [-0.1, -0.05) is 73.7 Å². The van der Waals surface area contributed by atoms with Crippen LogP contribution in [0.1, 0.15) is 30.3 Å². The molecule has 0 saturated heterocycles. The SMILES string of the molecule is Cc1cc(-c2cccc(N(c3ccccc3)c3ccccc3)c2)cc(C)c1-n1cc[n+](C)c1C1=CC(C)CC=C1. The molecular weight excluding hydrogens is 486 g/mol. The minimum atomic E-state index is 0.548. The molecular formula is C37H36N3+. The van der Waals surface area contributed by atoms with Gasteiger partial charge < -0.3 is 4.90 Å². The number of rotatable bonds is 6. The van der Waals surface area contributed by atoms with Crippen LogP contribution in [0.2, 0.25) is 0 Å². The van der Waals surface area contributed by atoms with Gasteiger partial charge in [0, 0.05) is 17.1 Å². The number of anilines is 3. The molecule has 6 rings (SSSR count). The molecule has 1 heterocycles. The largest absolute Gasteiger partial charge is 0.310 e. The van der Waals surface area contributed by atoms with Gasteiger partial charge in [0.25, 0.3) is 5.82 Å². The van der Waals surface area contributed by atoms with Gasteiger partial charge in [0.1, 0.15) is 18.1 Å². The number of para-hydroxylation sites is 2. The molecule has 1 aromatic heterocycles. The molecule has 0 fully saturated rings. The maximum absolute atomic E-state index is 2.39. The number of allylic oxidation sites excluding steroid dienone is 4. The third-order valence-electron chi connectivity index (χ3n) is 7.73. The smallest absolute Gasteiger partial charge is 0.293 e. The second-order valence-electron chi connectivity index (χ2n) is 10.9. The fraction of sp³-hybridized carbons (Fsp3) is 0.162. The molecule has 198 valence electrons. The normalized spacial score (nSPS) is 14.7. The predicted molar refractivity (Wildman–Crippen MR) is 167 cm³/mol. The van der Waals surface area contributed by atoms with Gasteiger partial charge in [-0.3, -0.25) is 0 Å². The molecule has 0 bridgehead atoms. The zero-order valence-corrected chi connectivity index (χ0v) is 23.8. The van der Waals surface area contributed by atoms with Crippen molar-refractivity contribution in [1.29, 1.82) is 0 Å². The third kappa shape index (κ3) is 4.91. The highest BCUT2D eigenvalue weighted by Gasteiger charge is 2.24. The summed E-state index contributed by atoms with van der Waals surface area (Å²) >= 11 is 0. The first-order valence-electron chi connectivity index (χ1n) is 14.1. The monoisotopic (exact) mass is 522 g/mol. The maximum atomic E-state index is 2.39. The van der Waals surface area contributed by atoms with Crippen LogP contribution in [0.3, 0.4) is 0 Å². The minimum absolute atomic E-state index is 0.548. The number of hydrogen-bond donors (Lipinski definition) is 0. The molecule has 1 aliphatic carbocycles. The van der Waals surface area contributed by atoms with Crippen molar-refractivity contribution in [3.8, 4) is 16.8 Å². The lowest BCUT2D eigenvalue weighted by atomic mass is 9.96. The second kappa shape index (κ2) is 10.9. The van der Waals surface area contributed by atoms with Crippen LogP contribution in [0.25, 0.3) is 22.4 Å². The van der Waals surface area contributed by atoms with Gasteiger partial charge in [0.2, 0.25) is 0 Å². The summed E-state index contributed by atoms with van der Waals surface area (Å²) in [6.45, 7) is 6.74. The number of benzene rings is 4. The zero-order valence-electron chi connectivity index (χ0n) is 23.8. The lowest BCUT2D eigenvalue weighted by molar-refractivity contribution is -0.672. The Kier molecular flexibility index (Phi) is 6.96. The van der Waals surface area contributed by atoms with Crippen LogP contribution in [0.15, 0.2) is 128 Å². The molecule has 4 aromatic carbocycles. The van der Waals surface area contributed by atoms with E-state index in [4.69, 9.17) is 0 Å². The first-order chi connectivity index (χ1) is 19.5. The van der Waals surface area contributed by atoms with Crippen molar-refractivity contribution >= 4 is 22.6 Å². The van der Waals surface area contributed by atoms with Crippen molar-refractivity contribution in [3.05, 3.63) is 145 Å². The van der Waals surface area contributed by atoms with E-state index < -0.39 is 0 Å². The molecule has 0 spiro atoms. The lowest BCUT2D eigenvalue weighted by Crippen LogP contribution is -2.31. The first-order valence-corrected chi connectivity index (χ1v) is 14.1. The van der Waals surface area contributed by atoms with E-state index in [9.17, 15) is 0 Å². The summed E-state index contributed by atoms with van der Waals surface area (Å²) in [6, 6.07) is 34.7. The molecule has 3 heteroatoms. The highest BCUT2D eigenvalue weighted by molar-refractivity contribution is 5.80. The first kappa shape index (κ1) is 25.6. The van der Waals surface area contributed by atoms with Crippen LogP contribution in [0.5, 0.6) is 0 Å². The zero-order chi connectivity index (χ0) is 27.6. The molecule has 1 atom stereocenters. The molecule has 1 aliphatic rings. The van der Waals surface area contributed by atoms with E-state index in [2.05, 4.69) is 170 Å². The summed E-state index contributed by atoms with van der Waals surface area (Å²) in [5, 5.41) is 0. The second-order valence-corrected chi connectivity index (χ2v) is 10.9. The Morgan fingerprint density at radius 3 is 2.00 bits per heavy atom. The number of imidazole rings is 1. The van der Waals surface area contributed by atoms with Crippen molar-refractivity contribution < 1.29 is 4.57 Å². The average Bonchev–Trinajstić information content (AvgIpc) is 3.35. The summed E-state index contributed by atoms with van der Waals surface area (Å²) < 4.78 is 4.58. The summed E-state index contributed by atoms with van der Waals surface area (Å²) in [6.07, 6.45) is 12.4. The molecule has 3 nitrogen and oxygen atoms in total. The van der Waals surface area contributed by atoms with Gasteiger partial charge >= 0.3 is 0 Å². The van der Waals surface area contributed by atoms with E-state index in [0.29, 0.717) is 5.92 Å². The van der Waals surface area contributed by atoms with E-state index in [1.807, 2.05) is 0 Å². The van der Waals surface area contributed by atoms with E-state index in [0.717, 1.165) is 23.5 Å². The van der Waals surface area contributed by atoms with Gasteiger partial charge in [0.05, 0.1) is 12.6 Å². The Morgan fingerprint density at radius 2 is 1.38 bits per heavy atom. The standard InChI is InChI=1S/C37H36N3/c1-27-13-11-15-31(23-27)37-38(4)21-22-39(37)36-28(2)24-32(25-29(36)3)30-14-12-20-35(26-30)40(33-16-7-5-8-17-33)34-18-9-6-10-19-34/h5-12,14-27H,13H2,1-4H3/q+1. The molecule has 0 radical (unpaired) electrons. The predicted octanol–water partition coefficient (Wildman–Crippen LogP) is 9.03. The molecule has 40 heavy (non-hydrogen) atoms. The van der Waals surface area contributed by atoms with E-state index >= 15 is 0 Å². The summed E-state index contributed by atoms with van der Waals surface area (Å²) in [4.78, 5) is 2.32. The van der Waals surface area contributed by atoms with Gasteiger partial charge in [-0.25, -0.2) is 4.57 Å². The van der Waals surface area contributed by atoms with Crippen molar-refractivity contribution in [2.45, 2.75) is 27.2 Å². The maximum Gasteiger partial charge on any atom is 0.293 e. The van der Waals surface area contributed by atoms with E-state index in [-0.39, 0.29) is 0 Å². The Hall–Kier alpha value is -4.63. The number of nitrogens with zero attached hydrogens (tertiary/aromatic N) is 3. The van der Waals surface area contributed by atoms with Crippen LogP contribution in [0, 0.1) is 19.8 Å². The summed E-state index contributed by atoms with van der Waals surface area (Å²) in [5.74, 6) is 1.76. The van der Waals surface area contributed by atoms with E-state index in [1.54, 1.807) is 0 Å². The average molecular weight is 523 g/mol. The number of aryl methyl sites for hydroxylation is 3. The Morgan fingerprint density at radius 1 is 0.750 bits per heavy atom. The highest BCUT2D eigenvalue weighted by Crippen LogP contribution is 2.37. The van der Waals surface area contributed by atoms with Crippen molar-refractivity contribution in [2.75, 3.05) is 4.90 Å². The highest BCUT2D eigenvalue weighted by atomic mass is 15.1. The minimum Gasteiger partial charge on any atom is -0.310 e. The summed E-state index contributed by atoms with van der Waals surface area (Å²) in [7, 11) is 2.13. The van der Waals surface area contributed by atoms with Crippen molar-refractivity contribution in [1.82, 2.24) is 4.57 Å². The molecule has 0 aliphatic heterocycles. The Bertz CT molecular complexity index is 1640. The fourth-order valence-electron chi connectivity index (χ4n) is 5.92. The van der Waals surface area contributed by atoms with Crippen LogP contribution >= 0.6 is 0 Å². The van der Waals surface area contributed by atoms with Gasteiger partial charge in [-0.15, -0.1) is 0 Å². The van der Waals surface area contributed by atoms with Crippen LogP contribution in [-0.4, -0.2) is 4.57 Å². The Balaban J connectivity index is 1.42. The molecule has 5 aromatic rings. The van der Waals surface area contributed by atoms with Crippen molar-refractivity contribution in [3.63, 3.8) is 0 Å². The van der Waals surface area contributed by atoms with Crippen LogP contribution < -0.4 is 9.47 Å². The fourth-order valence-corrected chi connectivity index (χ4v) is 5.92. The third-order valence-corrected chi connectivity index (χ3v) is 7.73. The molecule has 0 N–H and O–H groups in total. The molecule has 1 unspecified atom stereocenters. The quantitative estimate of drug-likeness (QED) is 0.203. The number of aromatic nitrogens is 2. The summed E-state index contributed by atoms with van der Waals surface area (Å²) in [5.41, 5.74) is 10.9. The molecule has 0 saturated carbocycles. The number of hydrogen-bond acceptors (Lipinski definition) is 1. The van der Waals surface area contributed by atoms with Gasteiger partial charge in [-0.05, 0) is 97.0 Å². The van der Waals surface area contributed by atoms with E-state index in [1.165, 1.54) is 39.3 Å². The van der Waals surface area contributed by atoms with Crippen LogP contribution in [-0.2, 0) is 7.05 Å². The van der Waals surface area contributed by atoms with Crippen LogP contribution in [0.4, 0.5) is 17.1 Å². The Labute approximate surface area is 238 Å². The topological polar surface area (TPSA) is 12.1 Å². The van der Waals surface area contributed by atoms with Gasteiger partial charge in [0.15, 0.2) is 0 Å².